The van der Waals surface area contributed by atoms with Crippen LogP contribution in [0.2, 0.25) is 0 Å². The Hall–Kier alpha value is -0.950. The average molecular weight is 337 g/mol. The van der Waals surface area contributed by atoms with Crippen LogP contribution in [0, 0.1) is 6.92 Å². The Morgan fingerprint density at radius 3 is 2.50 bits per heavy atom. The van der Waals surface area contributed by atoms with Gasteiger partial charge in [0.1, 0.15) is 18.4 Å². The van der Waals surface area contributed by atoms with E-state index in [9.17, 15) is 8.78 Å². The molecule has 22 heavy (non-hydrogen) atoms. The molecule has 126 valence electrons. The van der Waals surface area contributed by atoms with Gasteiger partial charge in [0.15, 0.2) is 0 Å². The number of aryl methyl sites for hydroxylation is 1. The number of aliphatic hydroxyl groups excluding tert-OH is 1. The molecule has 0 spiro atoms. The van der Waals surface area contributed by atoms with Gasteiger partial charge in [0.25, 0.3) is 5.92 Å². The van der Waals surface area contributed by atoms with Crippen LogP contribution in [-0.4, -0.2) is 55.8 Å². The lowest BCUT2D eigenvalue weighted by molar-refractivity contribution is -0.118. The van der Waals surface area contributed by atoms with Crippen LogP contribution in [-0.2, 0) is 0 Å². The molecule has 0 radical (unpaired) electrons. The van der Waals surface area contributed by atoms with Gasteiger partial charge in [0.05, 0.1) is 7.11 Å². The second-order valence-electron chi connectivity index (χ2n) is 5.33. The second kappa shape index (κ2) is 8.06. The Kier molecular flexibility index (Phi) is 6.99. The Labute approximate surface area is 135 Å². The van der Waals surface area contributed by atoms with E-state index in [4.69, 9.17) is 9.84 Å². The zero-order valence-corrected chi connectivity index (χ0v) is 13.6. The maximum absolute atomic E-state index is 14.3. The van der Waals surface area contributed by atoms with Crippen LogP contribution < -0.4 is 10.1 Å². The number of hydrogen-bond donors (Lipinski definition) is 2. The Balaban J connectivity index is 0.00000242. The molecule has 2 rings (SSSR count). The van der Waals surface area contributed by atoms with Gasteiger partial charge in [-0.1, -0.05) is 6.07 Å². The number of hydrogen-bond acceptors (Lipinski definition) is 4. The highest BCUT2D eigenvalue weighted by Crippen LogP contribution is 2.38. The summed E-state index contributed by atoms with van der Waals surface area (Å²) >= 11 is 0. The van der Waals surface area contributed by atoms with Gasteiger partial charge in [-0.3, -0.25) is 4.90 Å². The minimum Gasteiger partial charge on any atom is -0.497 e. The predicted octanol–water partition coefficient (Wildman–Crippen LogP) is 2.00. The van der Waals surface area contributed by atoms with Gasteiger partial charge in [0, 0.05) is 26.2 Å². The topological polar surface area (TPSA) is 44.7 Å². The summed E-state index contributed by atoms with van der Waals surface area (Å²) in [5, 5.41) is 12.3. The van der Waals surface area contributed by atoms with E-state index in [2.05, 4.69) is 5.32 Å². The molecule has 0 bridgehead atoms. The number of methoxy groups -OCH3 is 1. The molecule has 1 aliphatic rings. The first kappa shape index (κ1) is 19.1. The fourth-order valence-corrected chi connectivity index (χ4v) is 2.80. The highest BCUT2D eigenvalue weighted by molar-refractivity contribution is 5.85. The van der Waals surface area contributed by atoms with Gasteiger partial charge in [0.2, 0.25) is 0 Å². The molecular weight excluding hydrogens is 314 g/mol. The number of benzene rings is 1. The van der Waals surface area contributed by atoms with E-state index in [1.807, 2.05) is 0 Å². The van der Waals surface area contributed by atoms with Crippen LogP contribution in [0.5, 0.6) is 5.75 Å². The van der Waals surface area contributed by atoms with E-state index in [0.717, 1.165) is 5.56 Å². The number of piperazine rings is 1. The van der Waals surface area contributed by atoms with Crippen molar-refractivity contribution in [3.8, 4) is 5.75 Å². The first-order chi connectivity index (χ1) is 9.99. The lowest BCUT2D eigenvalue weighted by Gasteiger charge is -2.39. The van der Waals surface area contributed by atoms with Gasteiger partial charge in [-0.05, 0) is 30.2 Å². The number of rotatable bonds is 5. The Bertz CT molecular complexity index is 483. The summed E-state index contributed by atoms with van der Waals surface area (Å²) in [6, 6.07) is 3.99. The molecule has 2 N–H and O–H groups in total. The molecule has 1 atom stereocenters. The highest BCUT2D eigenvalue weighted by Gasteiger charge is 2.44. The molecule has 7 heteroatoms. The van der Waals surface area contributed by atoms with E-state index in [1.54, 1.807) is 37.1 Å². The molecule has 1 aromatic rings. The maximum atomic E-state index is 14.3. The average Bonchev–Trinajstić information content (AvgIpc) is 2.50. The van der Waals surface area contributed by atoms with E-state index >= 15 is 0 Å². The first-order valence-electron chi connectivity index (χ1n) is 7.07. The van der Waals surface area contributed by atoms with Gasteiger partial charge in [-0.2, -0.15) is 0 Å². The third-order valence-electron chi connectivity index (χ3n) is 3.90. The van der Waals surface area contributed by atoms with E-state index in [0.29, 0.717) is 37.5 Å². The van der Waals surface area contributed by atoms with Crippen LogP contribution >= 0.6 is 12.4 Å². The number of alkyl halides is 2. The molecule has 4 nitrogen and oxygen atoms in total. The third kappa shape index (κ3) is 4.07. The molecule has 0 saturated carbocycles. The van der Waals surface area contributed by atoms with Crippen LogP contribution in [0.15, 0.2) is 18.2 Å². The number of nitrogens with zero attached hydrogens (tertiary/aromatic N) is 1. The van der Waals surface area contributed by atoms with Crippen LogP contribution in [0.1, 0.15) is 17.2 Å². The summed E-state index contributed by atoms with van der Waals surface area (Å²) in [6.07, 6.45) is 0. The van der Waals surface area contributed by atoms with E-state index in [-0.39, 0.29) is 12.4 Å². The second-order valence-corrected chi connectivity index (χ2v) is 5.33. The van der Waals surface area contributed by atoms with Crippen molar-refractivity contribution < 1.29 is 18.6 Å². The quantitative estimate of drug-likeness (QED) is 0.863. The summed E-state index contributed by atoms with van der Waals surface area (Å²) in [5.74, 6) is -2.54. The fraction of sp³-hybridized carbons (Fsp3) is 0.600. The van der Waals surface area contributed by atoms with E-state index < -0.39 is 18.6 Å². The molecule has 0 aliphatic carbocycles. The van der Waals surface area contributed by atoms with Crippen LogP contribution in [0.3, 0.4) is 0 Å². The van der Waals surface area contributed by atoms with Gasteiger partial charge >= 0.3 is 0 Å². The maximum Gasteiger partial charge on any atom is 0.289 e. The van der Waals surface area contributed by atoms with E-state index in [1.165, 1.54) is 0 Å². The highest BCUT2D eigenvalue weighted by atomic mass is 35.5. The summed E-state index contributed by atoms with van der Waals surface area (Å²) in [4.78, 5) is 1.74. The van der Waals surface area contributed by atoms with Crippen molar-refractivity contribution in [2.24, 2.45) is 0 Å². The zero-order chi connectivity index (χ0) is 15.5. The van der Waals surface area contributed by atoms with Gasteiger partial charge in [-0.15, -0.1) is 12.4 Å². The molecule has 1 fully saturated rings. The number of halogens is 3. The Morgan fingerprint density at radius 2 is 2.00 bits per heavy atom. The molecule has 0 aromatic heterocycles. The van der Waals surface area contributed by atoms with Crippen molar-refractivity contribution >= 4 is 12.4 Å². The predicted molar refractivity (Wildman–Crippen MR) is 84.2 cm³/mol. The molecular formula is C15H23ClF2N2O2. The normalized spacial score (nSPS) is 17.7. The molecule has 1 heterocycles. The van der Waals surface area contributed by atoms with Gasteiger partial charge in [-0.25, -0.2) is 8.78 Å². The monoisotopic (exact) mass is 336 g/mol. The SMILES string of the molecule is COc1ccc([C@H](N2CCNCC2)C(F)(F)CO)c(C)c1.Cl. The molecule has 1 aromatic carbocycles. The third-order valence-corrected chi connectivity index (χ3v) is 3.90. The number of nitrogens with one attached hydrogen (secondary N) is 1. The van der Waals surface area contributed by atoms with Crippen molar-refractivity contribution in [1.82, 2.24) is 10.2 Å². The lowest BCUT2D eigenvalue weighted by atomic mass is 9.94. The molecule has 0 unspecified atom stereocenters. The van der Waals surface area contributed by atoms with Crippen molar-refractivity contribution in [2.75, 3.05) is 39.9 Å². The summed E-state index contributed by atoms with van der Waals surface area (Å²) in [7, 11) is 1.55. The summed E-state index contributed by atoms with van der Waals surface area (Å²) in [5.41, 5.74) is 1.28. The fourth-order valence-electron chi connectivity index (χ4n) is 2.80. The Morgan fingerprint density at radius 1 is 1.36 bits per heavy atom. The number of aliphatic hydroxyl groups is 1. The number of ether oxygens (including phenoxy) is 1. The molecule has 1 saturated heterocycles. The largest absolute Gasteiger partial charge is 0.497 e. The smallest absolute Gasteiger partial charge is 0.289 e. The molecule has 1 aliphatic heterocycles. The summed E-state index contributed by atoms with van der Waals surface area (Å²) < 4.78 is 33.7. The summed E-state index contributed by atoms with van der Waals surface area (Å²) in [6.45, 7) is 3.05. The van der Waals surface area contributed by atoms with Crippen molar-refractivity contribution in [3.63, 3.8) is 0 Å². The molecule has 0 amide bonds. The minimum absolute atomic E-state index is 0. The van der Waals surface area contributed by atoms with Crippen molar-refractivity contribution in [1.29, 1.82) is 0 Å². The van der Waals surface area contributed by atoms with Crippen molar-refractivity contribution in [3.05, 3.63) is 29.3 Å². The first-order valence-corrected chi connectivity index (χ1v) is 7.07. The minimum atomic E-state index is -3.18. The van der Waals surface area contributed by atoms with Gasteiger partial charge < -0.3 is 15.2 Å². The zero-order valence-electron chi connectivity index (χ0n) is 12.8. The van der Waals surface area contributed by atoms with Crippen LogP contribution in [0.25, 0.3) is 0 Å². The van der Waals surface area contributed by atoms with Crippen LogP contribution in [0.4, 0.5) is 8.78 Å². The standard InChI is InChI=1S/C15H22F2N2O2.ClH/c1-11-9-12(21-2)3-4-13(11)14(15(16,17)10-20)19-7-5-18-6-8-19;/h3-4,9,14,18,20H,5-8,10H2,1-2H3;1H/t14-;/m0./s1. The van der Waals surface area contributed by atoms with Crippen molar-refractivity contribution in [2.45, 2.75) is 18.9 Å². The lowest BCUT2D eigenvalue weighted by Crippen LogP contribution is -2.51.